The fourth-order valence-corrected chi connectivity index (χ4v) is 3.29. The Hall–Kier alpha value is -1.96. The van der Waals surface area contributed by atoms with Gasteiger partial charge in [-0.05, 0) is 47.4 Å². The van der Waals surface area contributed by atoms with Gasteiger partial charge in [0.05, 0.1) is 11.0 Å². The van der Waals surface area contributed by atoms with Crippen LogP contribution >= 0.6 is 0 Å². The molecule has 0 saturated heterocycles. The molecule has 2 aromatic heterocycles. The van der Waals surface area contributed by atoms with Crippen LogP contribution in [0.2, 0.25) is 0 Å². The Morgan fingerprint density at radius 1 is 0.833 bits per heavy atom. The summed E-state index contributed by atoms with van der Waals surface area (Å²) in [5.74, 6) is 0. The molecule has 126 valence electrons. The van der Waals surface area contributed by atoms with Gasteiger partial charge < -0.3 is 0 Å². The molecule has 0 aliphatic carbocycles. The molecule has 0 fully saturated rings. The number of hydrogen-bond acceptors (Lipinski definition) is 2. The lowest BCUT2D eigenvalue weighted by Crippen LogP contribution is -2.11. The van der Waals surface area contributed by atoms with E-state index in [1.54, 1.807) is 0 Å². The monoisotopic (exact) mass is 320 g/mol. The van der Waals surface area contributed by atoms with Gasteiger partial charge in [0.15, 0.2) is 0 Å². The van der Waals surface area contributed by atoms with Gasteiger partial charge in [-0.15, -0.1) is 0 Å². The highest BCUT2D eigenvalue weighted by molar-refractivity contribution is 6.04. The van der Waals surface area contributed by atoms with Crippen molar-refractivity contribution >= 4 is 21.8 Å². The smallest absolute Gasteiger partial charge is 0.0968 e. The minimum absolute atomic E-state index is 0.232. The van der Waals surface area contributed by atoms with Gasteiger partial charge in [-0.3, -0.25) is 9.97 Å². The van der Waals surface area contributed by atoms with E-state index >= 15 is 0 Å². The first-order chi connectivity index (χ1) is 11.1. The van der Waals surface area contributed by atoms with Crippen molar-refractivity contribution in [3.05, 3.63) is 47.8 Å². The molecule has 0 amide bonds. The molecule has 0 atom stereocenters. The summed E-state index contributed by atoms with van der Waals surface area (Å²) in [5.41, 5.74) is 5.05. The van der Waals surface area contributed by atoms with Crippen LogP contribution in [-0.2, 0) is 12.8 Å². The van der Waals surface area contributed by atoms with Crippen LogP contribution in [0, 0.1) is 10.8 Å². The van der Waals surface area contributed by atoms with Crippen LogP contribution in [0.25, 0.3) is 21.8 Å². The maximum Gasteiger partial charge on any atom is 0.0968 e. The van der Waals surface area contributed by atoms with E-state index < -0.39 is 0 Å². The average molecular weight is 320 g/mol. The van der Waals surface area contributed by atoms with Gasteiger partial charge in [0.2, 0.25) is 0 Å². The third kappa shape index (κ3) is 3.75. The number of pyridine rings is 2. The van der Waals surface area contributed by atoms with Gasteiger partial charge in [0.1, 0.15) is 0 Å². The van der Waals surface area contributed by atoms with E-state index in [0.29, 0.717) is 0 Å². The van der Waals surface area contributed by atoms with Crippen molar-refractivity contribution in [2.45, 2.75) is 54.4 Å². The Balaban J connectivity index is 2.22. The maximum atomic E-state index is 4.96. The number of nitrogens with zero attached hydrogens (tertiary/aromatic N) is 2. The molecule has 0 aliphatic heterocycles. The predicted molar refractivity (Wildman–Crippen MR) is 103 cm³/mol. The molecule has 0 N–H and O–H groups in total. The molecule has 2 heterocycles. The van der Waals surface area contributed by atoms with E-state index in [0.717, 1.165) is 29.6 Å². The van der Waals surface area contributed by atoms with Crippen LogP contribution in [0.5, 0.6) is 0 Å². The first-order valence-electron chi connectivity index (χ1n) is 8.79. The molecule has 0 aliphatic rings. The van der Waals surface area contributed by atoms with Crippen molar-refractivity contribution in [2.24, 2.45) is 10.8 Å². The summed E-state index contributed by atoms with van der Waals surface area (Å²) in [4.78, 5) is 9.64. The second-order valence-electron chi connectivity index (χ2n) is 9.28. The number of fused-ring (bicyclic) bond motifs is 3. The summed E-state index contributed by atoms with van der Waals surface area (Å²) < 4.78 is 0. The quantitative estimate of drug-likeness (QED) is 0.544. The van der Waals surface area contributed by atoms with Gasteiger partial charge in [-0.1, -0.05) is 53.7 Å². The minimum atomic E-state index is 0.232. The molecule has 0 bridgehead atoms. The second kappa shape index (κ2) is 5.84. The summed E-state index contributed by atoms with van der Waals surface area (Å²) in [5, 5.41) is 2.43. The first kappa shape index (κ1) is 16.9. The third-order valence-corrected chi connectivity index (χ3v) is 4.12. The van der Waals surface area contributed by atoms with E-state index in [2.05, 4.69) is 70.8 Å². The van der Waals surface area contributed by atoms with Crippen LogP contribution in [0.3, 0.4) is 0 Å². The van der Waals surface area contributed by atoms with Crippen LogP contribution < -0.4 is 0 Å². The molecule has 0 radical (unpaired) electrons. The lowest BCUT2D eigenvalue weighted by atomic mass is 9.86. The van der Waals surface area contributed by atoms with E-state index in [1.165, 1.54) is 16.3 Å². The molecule has 2 nitrogen and oxygen atoms in total. The van der Waals surface area contributed by atoms with Crippen LogP contribution in [-0.4, -0.2) is 9.97 Å². The van der Waals surface area contributed by atoms with E-state index in [-0.39, 0.29) is 10.8 Å². The highest BCUT2D eigenvalue weighted by Gasteiger charge is 2.17. The number of benzene rings is 1. The molecule has 0 spiro atoms. The van der Waals surface area contributed by atoms with Gasteiger partial charge >= 0.3 is 0 Å². The van der Waals surface area contributed by atoms with Crippen LogP contribution in [0.1, 0.15) is 52.8 Å². The number of hydrogen-bond donors (Lipinski definition) is 0. The van der Waals surface area contributed by atoms with Gasteiger partial charge in [0.25, 0.3) is 0 Å². The summed E-state index contributed by atoms with van der Waals surface area (Å²) in [6.07, 6.45) is 3.89. The maximum absolute atomic E-state index is 4.96. The average Bonchev–Trinajstić information content (AvgIpc) is 2.45. The predicted octanol–water partition coefficient (Wildman–Crippen LogP) is 5.96. The summed E-state index contributed by atoms with van der Waals surface area (Å²) >= 11 is 0. The van der Waals surface area contributed by atoms with Gasteiger partial charge in [-0.2, -0.15) is 0 Å². The second-order valence-corrected chi connectivity index (χ2v) is 9.28. The third-order valence-electron chi connectivity index (χ3n) is 4.12. The largest absolute Gasteiger partial charge is 0.254 e. The molecule has 3 rings (SSSR count). The van der Waals surface area contributed by atoms with Crippen molar-refractivity contribution in [2.75, 3.05) is 0 Å². The fourth-order valence-electron chi connectivity index (χ4n) is 3.29. The van der Waals surface area contributed by atoms with E-state index in [1.807, 2.05) is 12.3 Å². The summed E-state index contributed by atoms with van der Waals surface area (Å²) in [7, 11) is 0. The van der Waals surface area contributed by atoms with Crippen LogP contribution in [0.15, 0.2) is 36.5 Å². The van der Waals surface area contributed by atoms with Crippen molar-refractivity contribution in [3.63, 3.8) is 0 Å². The van der Waals surface area contributed by atoms with Crippen molar-refractivity contribution in [1.29, 1.82) is 0 Å². The Morgan fingerprint density at radius 3 is 2.21 bits per heavy atom. The SMILES string of the molecule is CC(C)(C)Cc1ccc2cc(CC(C)(C)C)c3cccnc3c2n1. The molecule has 0 unspecified atom stereocenters. The lowest BCUT2D eigenvalue weighted by molar-refractivity contribution is 0.407. The molecular formula is C22H28N2. The molecule has 1 aromatic carbocycles. The van der Waals surface area contributed by atoms with Gasteiger partial charge in [-0.25, -0.2) is 0 Å². The van der Waals surface area contributed by atoms with Crippen LogP contribution in [0.4, 0.5) is 0 Å². The van der Waals surface area contributed by atoms with Crippen molar-refractivity contribution in [1.82, 2.24) is 9.97 Å². The standard InChI is InChI=1S/C22H28N2/c1-21(2,3)13-16-12-15-9-10-17(14-22(4,5)6)24-19(15)20-18(16)8-7-11-23-20/h7-12H,13-14H2,1-6H3. The summed E-state index contributed by atoms with van der Waals surface area (Å²) in [6.45, 7) is 13.6. The Morgan fingerprint density at radius 2 is 1.54 bits per heavy atom. The Labute approximate surface area is 145 Å². The Bertz CT molecular complexity index is 880. The van der Waals surface area contributed by atoms with E-state index in [9.17, 15) is 0 Å². The number of aromatic nitrogens is 2. The van der Waals surface area contributed by atoms with Gasteiger partial charge in [0, 0.05) is 22.7 Å². The highest BCUT2D eigenvalue weighted by atomic mass is 14.8. The first-order valence-corrected chi connectivity index (χ1v) is 8.79. The zero-order chi connectivity index (χ0) is 17.5. The molecule has 24 heavy (non-hydrogen) atoms. The number of rotatable bonds is 2. The molecule has 2 heteroatoms. The normalized spacial score (nSPS) is 12.9. The van der Waals surface area contributed by atoms with E-state index in [4.69, 9.17) is 4.98 Å². The molecular weight excluding hydrogens is 292 g/mol. The molecule has 3 aromatic rings. The zero-order valence-electron chi connectivity index (χ0n) is 15.8. The van der Waals surface area contributed by atoms with Crippen molar-refractivity contribution in [3.8, 4) is 0 Å². The van der Waals surface area contributed by atoms with Crippen molar-refractivity contribution < 1.29 is 0 Å². The molecule has 0 saturated carbocycles. The summed E-state index contributed by atoms with van der Waals surface area (Å²) in [6, 6.07) is 10.9. The lowest BCUT2D eigenvalue weighted by Gasteiger charge is -2.21. The highest BCUT2D eigenvalue weighted by Crippen LogP contribution is 2.31. The fraction of sp³-hybridized carbons (Fsp3) is 0.455. The topological polar surface area (TPSA) is 25.8 Å². The zero-order valence-corrected chi connectivity index (χ0v) is 15.8. The Kier molecular flexibility index (Phi) is 4.11. The minimum Gasteiger partial charge on any atom is -0.254 e.